The van der Waals surface area contributed by atoms with Crippen LogP contribution in [0.5, 0.6) is 46.0 Å². The summed E-state index contributed by atoms with van der Waals surface area (Å²) in [5, 5.41) is 33.6. The van der Waals surface area contributed by atoms with Crippen LogP contribution in [-0.4, -0.2) is 182 Å². The van der Waals surface area contributed by atoms with Gasteiger partial charge in [0.25, 0.3) is 34.6 Å². The number of hydrogen-bond donors (Lipinski definition) is 8. The number of nitrogens with one attached hydrogen (secondary N) is 6. The number of hydrogen-bond acceptors (Lipinski definition) is 27. The number of H-pyrrole nitrogens is 1. The number of rotatable bonds is 16. The second-order valence-corrected chi connectivity index (χ2v) is 45.8. The third-order valence-corrected chi connectivity index (χ3v) is 28.3. The molecular formula is C108H152N6O29. The number of esters is 1. The fraction of sp³-hybridized carbons (Fsp3) is 0.657. The lowest BCUT2D eigenvalue weighted by Crippen LogP contribution is -2.56. The Morgan fingerprint density at radius 2 is 0.643 bits per heavy atom. The highest BCUT2D eigenvalue weighted by Gasteiger charge is 2.62. The van der Waals surface area contributed by atoms with Gasteiger partial charge in [-0.15, -0.1) is 0 Å². The van der Waals surface area contributed by atoms with Gasteiger partial charge in [0.2, 0.25) is 0 Å². The van der Waals surface area contributed by atoms with E-state index in [-0.39, 0.29) is 95.8 Å². The quantitative estimate of drug-likeness (QED) is 0.0336. The number of carboxylic acids is 2. The van der Waals surface area contributed by atoms with Crippen molar-refractivity contribution in [2.24, 2.45) is 23.7 Å². The van der Waals surface area contributed by atoms with Crippen molar-refractivity contribution in [2.45, 2.75) is 429 Å². The van der Waals surface area contributed by atoms with Gasteiger partial charge in [-0.3, -0.25) is 9.59 Å². The van der Waals surface area contributed by atoms with Gasteiger partial charge in [0.05, 0.1) is 16.7 Å². The summed E-state index contributed by atoms with van der Waals surface area (Å²) in [6, 6.07) is 8.96. The number of fused-ring (bicyclic) bond motifs is 7. The standard InChI is InChI=1S/C34H49NO11.C30H41N3O6.2C22H31NO6/c1-17-15-21(28(36)38-16-22-25-26(41-32(6,7)40-25)27-29(39-22)45-33(8,9)42-27)18(2)24-23(17)43-34(10,44-24)19-11-13-20(14-12-19)35-30(37)46-31(3,4)5;1-16-13-18(3)32-27(35)23(16)15-31-26(34)22-14-17(2)24-25(19(22)4)38-30(8,37-24)20-9-11-21(12-10-20)33-28(36)39-29(5,6)7;2*1-12-11-16(19(24)25)13(2)18-17(12)27-22(6,28-18)14-7-9-15(10-8-14)23-20(26)29-21(3,4)5/h15,19-20,22,25-27,29H,11-14,16H2,1-10H3,(H,35,37);13-14,20-21H,9-12,15H2,1-8H3,(H,31,34)(H,32,35)(H,33,36);2*11,14-15H,7-10H2,1-6H3,(H,23,26)(H,24,25)/t19?,20?,22-,25+,26+,27-,29-,34+;20?,21?,30-;14?,15?,22-;/m100./s1. The first-order chi connectivity index (χ1) is 66.3. The number of pyridine rings is 1. The lowest BCUT2D eigenvalue weighted by atomic mass is 9.81. The van der Waals surface area contributed by atoms with Crippen LogP contribution in [0.25, 0.3) is 0 Å². The number of aromatic carboxylic acids is 2. The largest absolute Gasteiger partial charge is 0.478 e. The third-order valence-electron chi connectivity index (χ3n) is 28.3. The Labute approximate surface area is 838 Å². The minimum absolute atomic E-state index is 0.0316. The van der Waals surface area contributed by atoms with Crippen molar-refractivity contribution >= 4 is 48.2 Å². The van der Waals surface area contributed by atoms with E-state index in [0.29, 0.717) is 84.9 Å². The molecule has 5 aromatic rings. The van der Waals surface area contributed by atoms with E-state index in [0.717, 1.165) is 136 Å². The Bertz CT molecular complexity index is 5550. The highest BCUT2D eigenvalue weighted by Crippen LogP contribution is 2.56. The fourth-order valence-corrected chi connectivity index (χ4v) is 21.1. The summed E-state index contributed by atoms with van der Waals surface area (Å²) in [5.74, 6) is -2.63. The van der Waals surface area contributed by atoms with Gasteiger partial charge in [-0.2, -0.15) is 0 Å². The third kappa shape index (κ3) is 25.7. The number of carbonyl (C=O) groups excluding carboxylic acids is 6. The minimum atomic E-state index is -0.973. The molecule has 7 aliphatic heterocycles. The van der Waals surface area contributed by atoms with Gasteiger partial charge >= 0.3 is 42.3 Å². The van der Waals surface area contributed by atoms with Crippen LogP contribution in [0.4, 0.5) is 19.2 Å². The minimum Gasteiger partial charge on any atom is -0.478 e. The number of benzene rings is 4. The van der Waals surface area contributed by atoms with Crippen molar-refractivity contribution in [2.75, 3.05) is 6.61 Å². The first-order valence-electron chi connectivity index (χ1n) is 50.3. The van der Waals surface area contributed by atoms with Crippen LogP contribution >= 0.6 is 0 Å². The van der Waals surface area contributed by atoms with Gasteiger partial charge in [-0.1, -0.05) is 0 Å². The lowest BCUT2D eigenvalue weighted by molar-refractivity contribution is -0.240. The second kappa shape index (κ2) is 41.5. The van der Waals surface area contributed by atoms with Crippen LogP contribution in [0.2, 0.25) is 0 Å². The molecule has 35 heteroatoms. The summed E-state index contributed by atoms with van der Waals surface area (Å²) in [6.45, 7) is 55.6. The Morgan fingerprint density at radius 1 is 0.364 bits per heavy atom. The molecule has 5 amide bonds. The summed E-state index contributed by atoms with van der Waals surface area (Å²) in [5.41, 5.74) is 6.83. The zero-order valence-electron chi connectivity index (χ0n) is 89.0. The normalized spacial score (nSPS) is 28.2. The molecule has 35 nitrogen and oxygen atoms in total. The number of aromatic amines is 1. The molecule has 8 heterocycles. The zero-order valence-corrected chi connectivity index (χ0v) is 89.0. The zero-order chi connectivity index (χ0) is 105. The van der Waals surface area contributed by atoms with Gasteiger partial charge in [-0.25, -0.2) is 33.6 Å². The maximum atomic E-state index is 13.5. The van der Waals surface area contributed by atoms with Crippen LogP contribution in [0.15, 0.2) is 35.1 Å². The van der Waals surface area contributed by atoms with Crippen LogP contribution < -0.4 is 70.0 Å². The molecule has 4 aliphatic carbocycles. The smallest absolute Gasteiger partial charge is 0.407 e. The average molecular weight is 2000 g/mol. The molecule has 8 N–H and O–H groups in total. The molecule has 3 saturated heterocycles. The van der Waals surface area contributed by atoms with E-state index < -0.39 is 118 Å². The SMILES string of the molecule is Cc1cc(C(=O)O)c(C)c2c1OC(C)(C1CCC(NC(=O)OC(C)(C)C)CC1)O2.Cc1cc(C(=O)O)c(C)c2c1O[C@](C)(C1CCC(NC(=O)OC(C)(C)C)CC1)O2.Cc1cc(C(=O)OC[C@H]2O[C@@H]3OC(C)(C)O[C@@H]3[C@H]3OC(C)(C)O[C@H]32)c(C)c2c1O[C@](C)(C1CCC(NC(=O)OC(C)(C)C)CC1)O2.Cc1cc(C)c(CNC(=O)c2cc(C)c3c(c2C)O[C@@](C)(C2CCC(NC(=O)OC(C)(C)C)CC2)O3)c(=O)[nH]1. The first kappa shape index (κ1) is 109. The summed E-state index contributed by atoms with van der Waals surface area (Å²) < 4.78 is 109. The number of aromatic nitrogens is 1. The van der Waals surface area contributed by atoms with Crippen molar-refractivity contribution in [1.82, 2.24) is 31.6 Å². The maximum absolute atomic E-state index is 13.5. The molecule has 9 atom stereocenters. The van der Waals surface area contributed by atoms with E-state index in [9.17, 15) is 53.4 Å². The molecule has 4 saturated carbocycles. The van der Waals surface area contributed by atoms with Gasteiger partial charge in [-0.05, 0) is 341 Å². The van der Waals surface area contributed by atoms with Gasteiger partial charge in [0.1, 0.15) is 53.4 Å². The summed E-state index contributed by atoms with van der Waals surface area (Å²) in [4.78, 5) is 113. The van der Waals surface area contributed by atoms with E-state index in [1.807, 2.05) is 206 Å². The Kier molecular flexibility index (Phi) is 31.7. The Hall–Kier alpha value is -11.0. The van der Waals surface area contributed by atoms with Gasteiger partial charge in [0, 0.05) is 121 Å². The molecule has 0 bridgehead atoms. The van der Waals surface area contributed by atoms with Crippen LogP contribution in [0, 0.1) is 92.9 Å². The number of aryl methyl sites for hydroxylation is 6. The van der Waals surface area contributed by atoms with E-state index in [1.54, 1.807) is 32.0 Å². The molecule has 11 aliphatic rings. The van der Waals surface area contributed by atoms with Crippen LogP contribution in [0.1, 0.15) is 344 Å². The Balaban J connectivity index is 0.000000163. The number of ether oxygens (including phenoxy) is 18. The predicted molar refractivity (Wildman–Crippen MR) is 527 cm³/mol. The summed E-state index contributed by atoms with van der Waals surface area (Å²) in [7, 11) is 0. The predicted octanol–water partition coefficient (Wildman–Crippen LogP) is 19.7. The van der Waals surface area contributed by atoms with Crippen molar-refractivity contribution in [1.29, 1.82) is 0 Å². The molecule has 16 rings (SSSR count). The van der Waals surface area contributed by atoms with E-state index in [2.05, 4.69) is 31.6 Å². The van der Waals surface area contributed by atoms with Crippen molar-refractivity contribution < 1.29 is 134 Å². The van der Waals surface area contributed by atoms with Crippen molar-refractivity contribution in [3.05, 3.63) is 124 Å². The molecule has 1 aromatic heterocycles. The number of carbonyl (C=O) groups is 8. The van der Waals surface area contributed by atoms with E-state index >= 15 is 0 Å². The molecular weight excluding hydrogens is 1850 g/mol. The van der Waals surface area contributed by atoms with Crippen LogP contribution in [-0.2, 0) is 53.9 Å². The fourth-order valence-electron chi connectivity index (χ4n) is 21.1. The highest BCUT2D eigenvalue weighted by atomic mass is 16.9. The molecule has 1 unspecified atom stereocenters. The van der Waals surface area contributed by atoms with Crippen molar-refractivity contribution in [3.8, 4) is 46.0 Å². The molecule has 0 spiro atoms. The number of amides is 5. The first-order valence-corrected chi connectivity index (χ1v) is 50.3. The second-order valence-electron chi connectivity index (χ2n) is 45.8. The maximum Gasteiger partial charge on any atom is 0.407 e. The lowest BCUT2D eigenvalue weighted by Gasteiger charge is -2.37. The number of alkyl carbamates (subject to hydrolysis) is 4. The van der Waals surface area contributed by atoms with E-state index in [4.69, 9.17) is 85.3 Å². The topological polar surface area (TPSA) is 436 Å². The van der Waals surface area contributed by atoms with Crippen LogP contribution in [0.3, 0.4) is 0 Å². The summed E-state index contributed by atoms with van der Waals surface area (Å²) >= 11 is 0. The monoisotopic (exact) mass is 2000 g/mol. The number of carboxylic acid groups (broad SMARTS) is 2. The summed E-state index contributed by atoms with van der Waals surface area (Å²) in [6.07, 6.45) is 8.69. The molecule has 7 fully saturated rings. The average Bonchev–Trinajstić information content (AvgIpc) is 1.59. The Morgan fingerprint density at radius 3 is 0.958 bits per heavy atom. The molecule has 788 valence electrons. The highest BCUT2D eigenvalue weighted by molar-refractivity contribution is 5.97. The molecule has 143 heavy (non-hydrogen) atoms. The van der Waals surface area contributed by atoms with Gasteiger partial charge < -0.3 is 127 Å². The molecule has 0 radical (unpaired) electrons. The van der Waals surface area contributed by atoms with Gasteiger partial charge in [0.15, 0.2) is 63.9 Å². The molecule has 4 aromatic carbocycles. The van der Waals surface area contributed by atoms with Crippen molar-refractivity contribution in [3.63, 3.8) is 0 Å². The van der Waals surface area contributed by atoms with E-state index in [1.165, 1.54) is 0 Å².